The molecule has 7 heteroatoms. The topological polar surface area (TPSA) is 116 Å². The summed E-state index contributed by atoms with van der Waals surface area (Å²) in [6.45, 7) is 0. The third kappa shape index (κ3) is 6.74. The molecule has 0 radical (unpaired) electrons. The maximum absolute atomic E-state index is 11.8. The normalized spacial score (nSPS) is 10.1. The van der Waals surface area contributed by atoms with E-state index in [0.717, 1.165) is 11.1 Å². The first-order valence-electron chi connectivity index (χ1n) is 8.39. The Morgan fingerprint density at radius 2 is 1.52 bits per heavy atom. The lowest BCUT2D eigenvalue weighted by Gasteiger charge is -2.06. The van der Waals surface area contributed by atoms with Crippen molar-refractivity contribution in [1.29, 1.82) is 0 Å². The molecule has 0 aliphatic rings. The molecule has 0 heterocycles. The minimum atomic E-state index is -0.624. The molecular formula is C20H20N2O5. The summed E-state index contributed by atoms with van der Waals surface area (Å²) >= 11 is 0. The summed E-state index contributed by atoms with van der Waals surface area (Å²) in [5, 5.41) is 2.53. The fourth-order valence-electron chi connectivity index (χ4n) is 2.49. The van der Waals surface area contributed by atoms with Crippen LogP contribution < -0.4 is 11.1 Å². The Kier molecular flexibility index (Phi) is 7.25. The third-order valence-corrected chi connectivity index (χ3v) is 3.83. The monoisotopic (exact) mass is 368 g/mol. The lowest BCUT2D eigenvalue weighted by molar-refractivity contribution is -0.159. The van der Waals surface area contributed by atoms with E-state index in [0.29, 0.717) is 30.5 Å². The van der Waals surface area contributed by atoms with Crippen LogP contribution in [0.4, 0.5) is 5.69 Å². The molecule has 0 spiro atoms. The molecule has 3 N–H and O–H groups in total. The second-order valence-corrected chi connectivity index (χ2v) is 5.87. The minimum absolute atomic E-state index is 0.0205. The molecule has 2 rings (SSSR count). The van der Waals surface area contributed by atoms with Gasteiger partial charge < -0.3 is 15.8 Å². The van der Waals surface area contributed by atoms with E-state index in [4.69, 9.17) is 10.5 Å². The SMILES string of the molecule is NC(=O)c1cccc(CCC(=O)OC(=O)CCc2cccc(NC=O)c2)c1. The zero-order valence-corrected chi connectivity index (χ0v) is 14.6. The van der Waals surface area contributed by atoms with E-state index >= 15 is 0 Å². The quantitative estimate of drug-likeness (QED) is 0.399. The van der Waals surface area contributed by atoms with E-state index in [1.54, 1.807) is 42.5 Å². The summed E-state index contributed by atoms with van der Waals surface area (Å²) in [6.07, 6.45) is 1.37. The van der Waals surface area contributed by atoms with E-state index < -0.39 is 17.8 Å². The van der Waals surface area contributed by atoms with Gasteiger partial charge in [-0.1, -0.05) is 24.3 Å². The van der Waals surface area contributed by atoms with Crippen LogP contribution >= 0.6 is 0 Å². The lowest BCUT2D eigenvalue weighted by atomic mass is 10.1. The van der Waals surface area contributed by atoms with Gasteiger partial charge in [0.05, 0.1) is 12.8 Å². The van der Waals surface area contributed by atoms with Gasteiger partial charge in [-0.2, -0.15) is 0 Å². The van der Waals surface area contributed by atoms with Gasteiger partial charge in [-0.05, 0) is 48.2 Å². The summed E-state index contributed by atoms with van der Waals surface area (Å²) in [5.74, 6) is -1.78. The highest BCUT2D eigenvalue weighted by molar-refractivity contribution is 5.93. The van der Waals surface area contributed by atoms with Crippen molar-refractivity contribution in [2.24, 2.45) is 5.73 Å². The Morgan fingerprint density at radius 1 is 0.926 bits per heavy atom. The first kappa shape index (κ1) is 19.8. The molecule has 7 nitrogen and oxygen atoms in total. The van der Waals surface area contributed by atoms with Crippen molar-refractivity contribution < 1.29 is 23.9 Å². The molecule has 0 atom stereocenters. The maximum atomic E-state index is 11.8. The van der Waals surface area contributed by atoms with Crippen molar-refractivity contribution in [2.75, 3.05) is 5.32 Å². The Hall–Kier alpha value is -3.48. The zero-order valence-electron chi connectivity index (χ0n) is 14.6. The molecule has 0 aliphatic carbocycles. The predicted octanol–water partition coefficient (Wildman–Crippen LogP) is 1.99. The molecule has 27 heavy (non-hydrogen) atoms. The molecule has 2 aromatic rings. The number of primary amides is 1. The number of benzene rings is 2. The Bertz CT molecular complexity index is 848. The number of anilines is 1. The first-order chi connectivity index (χ1) is 13.0. The van der Waals surface area contributed by atoms with E-state index in [1.165, 1.54) is 0 Å². The average Bonchev–Trinajstić information content (AvgIpc) is 2.65. The fraction of sp³-hybridized carbons (Fsp3) is 0.200. The van der Waals surface area contributed by atoms with E-state index in [2.05, 4.69) is 5.32 Å². The molecule has 0 fully saturated rings. The number of hydrogen-bond acceptors (Lipinski definition) is 5. The summed E-state index contributed by atoms with van der Waals surface area (Å²) in [6, 6.07) is 13.7. The van der Waals surface area contributed by atoms with Gasteiger partial charge in [0, 0.05) is 11.3 Å². The smallest absolute Gasteiger partial charge is 0.313 e. The number of rotatable bonds is 9. The van der Waals surface area contributed by atoms with Gasteiger partial charge in [0.15, 0.2) is 0 Å². The number of esters is 2. The summed E-state index contributed by atoms with van der Waals surface area (Å²) in [4.78, 5) is 45.2. The highest BCUT2D eigenvalue weighted by atomic mass is 16.6. The zero-order chi connectivity index (χ0) is 19.6. The fourth-order valence-corrected chi connectivity index (χ4v) is 2.49. The average molecular weight is 368 g/mol. The number of nitrogens with one attached hydrogen (secondary N) is 1. The third-order valence-electron chi connectivity index (χ3n) is 3.83. The van der Waals surface area contributed by atoms with Crippen molar-refractivity contribution in [1.82, 2.24) is 0 Å². The summed E-state index contributed by atoms with van der Waals surface area (Å²) in [5.41, 5.74) is 7.81. The standard InChI is InChI=1S/C20H20N2O5/c21-20(26)16-5-1-3-14(11-16)7-9-18(24)27-19(25)10-8-15-4-2-6-17(12-15)22-13-23/h1-6,11-13H,7-10H2,(H2,21,26)(H,22,23). The van der Waals surface area contributed by atoms with Gasteiger partial charge >= 0.3 is 11.9 Å². The number of carbonyl (C=O) groups excluding carboxylic acids is 4. The van der Waals surface area contributed by atoms with Gasteiger partial charge in [0.25, 0.3) is 0 Å². The van der Waals surface area contributed by atoms with Crippen LogP contribution in [0.2, 0.25) is 0 Å². The maximum Gasteiger partial charge on any atom is 0.313 e. The number of amides is 2. The van der Waals surface area contributed by atoms with Gasteiger partial charge in [0.2, 0.25) is 12.3 Å². The molecule has 0 saturated carbocycles. The number of aryl methyl sites for hydroxylation is 2. The molecule has 0 aliphatic heterocycles. The van der Waals surface area contributed by atoms with Gasteiger partial charge in [-0.15, -0.1) is 0 Å². The first-order valence-corrected chi connectivity index (χ1v) is 8.39. The number of carbonyl (C=O) groups is 4. The molecule has 0 aromatic heterocycles. The van der Waals surface area contributed by atoms with Crippen molar-refractivity contribution in [3.05, 3.63) is 65.2 Å². The lowest BCUT2D eigenvalue weighted by Crippen LogP contribution is -2.14. The van der Waals surface area contributed by atoms with Crippen molar-refractivity contribution in [2.45, 2.75) is 25.7 Å². The number of nitrogens with two attached hydrogens (primary N) is 1. The van der Waals surface area contributed by atoms with Gasteiger partial charge in [-0.25, -0.2) is 0 Å². The van der Waals surface area contributed by atoms with Crippen LogP contribution in [0.25, 0.3) is 0 Å². The number of ether oxygens (including phenoxy) is 1. The molecule has 2 amide bonds. The molecule has 140 valence electrons. The van der Waals surface area contributed by atoms with Crippen LogP contribution in [0, 0.1) is 0 Å². The van der Waals surface area contributed by atoms with Crippen LogP contribution in [0.5, 0.6) is 0 Å². The minimum Gasteiger partial charge on any atom is -0.393 e. The van der Waals surface area contributed by atoms with Crippen molar-refractivity contribution in [3.63, 3.8) is 0 Å². The van der Waals surface area contributed by atoms with E-state index in [9.17, 15) is 19.2 Å². The Balaban J connectivity index is 1.77. The molecule has 0 bridgehead atoms. The molecule has 2 aromatic carbocycles. The van der Waals surface area contributed by atoms with Crippen molar-refractivity contribution >= 4 is 29.9 Å². The molecule has 0 saturated heterocycles. The van der Waals surface area contributed by atoms with Crippen LogP contribution in [0.3, 0.4) is 0 Å². The van der Waals surface area contributed by atoms with Crippen LogP contribution in [0.1, 0.15) is 34.3 Å². The van der Waals surface area contributed by atoms with Crippen LogP contribution in [-0.4, -0.2) is 24.3 Å². The van der Waals surface area contributed by atoms with E-state index in [1.807, 2.05) is 6.07 Å². The second-order valence-electron chi connectivity index (χ2n) is 5.87. The number of hydrogen-bond donors (Lipinski definition) is 2. The summed E-state index contributed by atoms with van der Waals surface area (Å²) < 4.78 is 4.81. The predicted molar refractivity (Wildman–Crippen MR) is 98.8 cm³/mol. The van der Waals surface area contributed by atoms with Gasteiger partial charge in [-0.3, -0.25) is 19.2 Å². The largest absolute Gasteiger partial charge is 0.393 e. The Morgan fingerprint density at radius 3 is 2.11 bits per heavy atom. The van der Waals surface area contributed by atoms with Crippen LogP contribution in [0.15, 0.2) is 48.5 Å². The Labute approximate surface area is 156 Å². The highest BCUT2D eigenvalue weighted by Crippen LogP contribution is 2.12. The second kappa shape index (κ2) is 9.86. The van der Waals surface area contributed by atoms with Crippen molar-refractivity contribution in [3.8, 4) is 0 Å². The molecular weight excluding hydrogens is 348 g/mol. The van der Waals surface area contributed by atoms with Crippen LogP contribution in [-0.2, 0) is 32.0 Å². The molecule has 0 unspecified atom stereocenters. The summed E-state index contributed by atoms with van der Waals surface area (Å²) in [7, 11) is 0. The van der Waals surface area contributed by atoms with E-state index in [-0.39, 0.29) is 12.8 Å². The highest BCUT2D eigenvalue weighted by Gasteiger charge is 2.11. The van der Waals surface area contributed by atoms with Gasteiger partial charge in [0.1, 0.15) is 0 Å².